The normalized spacial score (nSPS) is 22.4. The fourth-order valence-corrected chi connectivity index (χ4v) is 4.07. The van der Waals surface area contributed by atoms with Crippen molar-refractivity contribution in [1.29, 1.82) is 0 Å². The van der Waals surface area contributed by atoms with E-state index < -0.39 is 0 Å². The van der Waals surface area contributed by atoms with Crippen LogP contribution in [-0.4, -0.2) is 52.2 Å². The highest BCUT2D eigenvalue weighted by Gasteiger charge is 2.44. The van der Waals surface area contributed by atoms with Crippen LogP contribution in [-0.2, 0) is 16.1 Å². The van der Waals surface area contributed by atoms with Crippen molar-refractivity contribution in [2.75, 3.05) is 19.7 Å². The molecule has 25 heavy (non-hydrogen) atoms. The first-order valence-corrected chi connectivity index (χ1v) is 9.51. The lowest BCUT2D eigenvalue weighted by Crippen LogP contribution is -2.46. The first-order valence-electron chi connectivity index (χ1n) is 8.57. The Labute approximate surface area is 150 Å². The van der Waals surface area contributed by atoms with E-state index >= 15 is 0 Å². The summed E-state index contributed by atoms with van der Waals surface area (Å²) in [5.41, 5.74) is 3.03. The van der Waals surface area contributed by atoms with Gasteiger partial charge in [-0.25, -0.2) is 4.98 Å². The molecule has 0 N–H and O–H groups in total. The second kappa shape index (κ2) is 7.19. The Balaban J connectivity index is 1.28. The van der Waals surface area contributed by atoms with Gasteiger partial charge in [-0.2, -0.15) is 0 Å². The number of thiazole rings is 1. The molecule has 0 saturated carbocycles. The van der Waals surface area contributed by atoms with E-state index in [0.29, 0.717) is 32.0 Å². The first kappa shape index (κ1) is 16.6. The van der Waals surface area contributed by atoms with E-state index in [9.17, 15) is 4.79 Å². The van der Waals surface area contributed by atoms with Crippen molar-refractivity contribution >= 4 is 17.2 Å². The molecule has 4 rings (SSSR count). The molecule has 2 aromatic rings. The number of aromatic nitrogens is 2. The number of nitrogens with zero attached hydrogens (tertiary/aromatic N) is 3. The average Bonchev–Trinajstić information content (AvgIpc) is 3.32. The molecule has 0 bridgehead atoms. The van der Waals surface area contributed by atoms with Gasteiger partial charge in [0.25, 0.3) is 5.91 Å². The maximum absolute atomic E-state index is 12.4. The molecule has 0 aromatic carbocycles. The van der Waals surface area contributed by atoms with Crippen molar-refractivity contribution in [1.82, 2.24) is 14.9 Å². The van der Waals surface area contributed by atoms with Gasteiger partial charge in [0.15, 0.2) is 0 Å². The quantitative estimate of drug-likeness (QED) is 0.839. The van der Waals surface area contributed by atoms with Crippen LogP contribution in [0.15, 0.2) is 35.3 Å². The largest absolute Gasteiger partial charge is 0.372 e. The standard InChI is InChI=1S/C18H21N3O3S/c22-17(16-12-25-13-20-16)21-7-4-18(5-8-21)9-15(11-24-18)23-10-14-3-1-2-6-19-14/h1-3,6,12-13,15H,4-5,7-11H2. The maximum Gasteiger partial charge on any atom is 0.273 e. The van der Waals surface area contributed by atoms with E-state index in [-0.39, 0.29) is 17.6 Å². The van der Waals surface area contributed by atoms with Gasteiger partial charge in [-0.3, -0.25) is 9.78 Å². The number of hydrogen-bond donors (Lipinski definition) is 0. The first-order chi connectivity index (χ1) is 12.2. The Bertz CT molecular complexity index is 700. The summed E-state index contributed by atoms with van der Waals surface area (Å²) in [6, 6.07) is 5.83. The van der Waals surface area contributed by atoms with Gasteiger partial charge >= 0.3 is 0 Å². The lowest BCUT2D eigenvalue weighted by Gasteiger charge is -2.38. The summed E-state index contributed by atoms with van der Waals surface area (Å²) < 4.78 is 12.1. The van der Waals surface area contributed by atoms with E-state index in [1.165, 1.54) is 11.3 Å². The molecule has 0 aliphatic carbocycles. The molecule has 6 nitrogen and oxygen atoms in total. The molecule has 2 aromatic heterocycles. The molecule has 1 unspecified atom stereocenters. The Morgan fingerprint density at radius 2 is 2.24 bits per heavy atom. The Morgan fingerprint density at radius 3 is 2.96 bits per heavy atom. The molecule has 2 aliphatic rings. The predicted molar refractivity (Wildman–Crippen MR) is 93.4 cm³/mol. The Kier molecular flexibility index (Phi) is 4.78. The topological polar surface area (TPSA) is 64.6 Å². The predicted octanol–water partition coefficient (Wildman–Crippen LogP) is 2.52. The molecule has 1 atom stereocenters. The van der Waals surface area contributed by atoms with E-state index in [2.05, 4.69) is 9.97 Å². The molecule has 1 amide bonds. The van der Waals surface area contributed by atoms with E-state index in [0.717, 1.165) is 25.0 Å². The van der Waals surface area contributed by atoms with Gasteiger partial charge in [-0.15, -0.1) is 11.3 Å². The van der Waals surface area contributed by atoms with Crippen LogP contribution in [0.2, 0.25) is 0 Å². The molecular formula is C18H21N3O3S. The van der Waals surface area contributed by atoms with Crippen LogP contribution in [0, 0.1) is 0 Å². The number of rotatable bonds is 4. The van der Waals surface area contributed by atoms with Gasteiger partial charge in [0.05, 0.1) is 36.1 Å². The Hall–Kier alpha value is -1.83. The second-order valence-electron chi connectivity index (χ2n) is 6.62. The summed E-state index contributed by atoms with van der Waals surface area (Å²) in [5, 5.41) is 1.81. The summed E-state index contributed by atoms with van der Waals surface area (Å²) in [4.78, 5) is 22.7. The van der Waals surface area contributed by atoms with Gasteiger partial charge in [0, 0.05) is 31.1 Å². The van der Waals surface area contributed by atoms with Gasteiger partial charge in [-0.1, -0.05) is 6.07 Å². The molecule has 132 valence electrons. The molecule has 7 heteroatoms. The van der Waals surface area contributed by atoms with E-state index in [1.54, 1.807) is 17.1 Å². The number of amides is 1. The summed E-state index contributed by atoms with van der Waals surface area (Å²) in [6.45, 7) is 2.55. The van der Waals surface area contributed by atoms with Crippen LogP contribution in [0.4, 0.5) is 0 Å². The fraction of sp³-hybridized carbons (Fsp3) is 0.500. The van der Waals surface area contributed by atoms with Crippen molar-refractivity contribution in [3.63, 3.8) is 0 Å². The molecular weight excluding hydrogens is 338 g/mol. The van der Waals surface area contributed by atoms with Crippen molar-refractivity contribution in [3.05, 3.63) is 46.7 Å². The zero-order chi connectivity index (χ0) is 17.1. The third-order valence-electron chi connectivity index (χ3n) is 4.98. The number of pyridine rings is 1. The zero-order valence-electron chi connectivity index (χ0n) is 14.0. The number of carbonyl (C=O) groups excluding carboxylic acids is 1. The van der Waals surface area contributed by atoms with Gasteiger partial charge in [0.1, 0.15) is 5.69 Å². The molecule has 2 saturated heterocycles. The van der Waals surface area contributed by atoms with Crippen LogP contribution in [0.3, 0.4) is 0 Å². The summed E-state index contributed by atoms with van der Waals surface area (Å²) in [6.07, 6.45) is 4.47. The number of piperidine rings is 1. The average molecular weight is 359 g/mol. The van der Waals surface area contributed by atoms with E-state index in [1.807, 2.05) is 23.1 Å². The lowest BCUT2D eigenvalue weighted by atomic mass is 9.88. The lowest BCUT2D eigenvalue weighted by molar-refractivity contribution is -0.0413. The smallest absolute Gasteiger partial charge is 0.273 e. The van der Waals surface area contributed by atoms with Crippen molar-refractivity contribution in [2.45, 2.75) is 37.6 Å². The zero-order valence-corrected chi connectivity index (χ0v) is 14.8. The van der Waals surface area contributed by atoms with Crippen LogP contribution in [0.5, 0.6) is 0 Å². The third-order valence-corrected chi connectivity index (χ3v) is 5.57. The third kappa shape index (κ3) is 3.73. The highest BCUT2D eigenvalue weighted by Crippen LogP contribution is 2.37. The number of hydrogen-bond acceptors (Lipinski definition) is 6. The SMILES string of the molecule is O=C(c1cscn1)N1CCC2(CC1)CC(OCc1ccccn1)CO2. The number of likely N-dealkylation sites (tertiary alicyclic amines) is 1. The highest BCUT2D eigenvalue weighted by atomic mass is 32.1. The van der Waals surface area contributed by atoms with Crippen molar-refractivity contribution < 1.29 is 14.3 Å². The van der Waals surface area contributed by atoms with Gasteiger partial charge in [0.2, 0.25) is 0 Å². The van der Waals surface area contributed by atoms with Crippen LogP contribution >= 0.6 is 11.3 Å². The van der Waals surface area contributed by atoms with Crippen LogP contribution < -0.4 is 0 Å². The van der Waals surface area contributed by atoms with Crippen LogP contribution in [0.25, 0.3) is 0 Å². The summed E-state index contributed by atoms with van der Waals surface area (Å²) >= 11 is 1.45. The molecule has 1 spiro atoms. The highest BCUT2D eigenvalue weighted by molar-refractivity contribution is 7.07. The number of carbonyl (C=O) groups is 1. The van der Waals surface area contributed by atoms with Gasteiger partial charge in [-0.05, 0) is 25.0 Å². The van der Waals surface area contributed by atoms with Crippen molar-refractivity contribution in [3.8, 4) is 0 Å². The molecule has 0 radical (unpaired) electrons. The number of ether oxygens (including phenoxy) is 2. The minimum Gasteiger partial charge on any atom is -0.372 e. The Morgan fingerprint density at radius 1 is 1.36 bits per heavy atom. The molecule has 2 aliphatic heterocycles. The molecule has 2 fully saturated rings. The van der Waals surface area contributed by atoms with Gasteiger partial charge < -0.3 is 14.4 Å². The fourth-order valence-electron chi connectivity index (χ4n) is 3.54. The maximum atomic E-state index is 12.4. The summed E-state index contributed by atoms with van der Waals surface area (Å²) in [7, 11) is 0. The molecule has 4 heterocycles. The minimum atomic E-state index is -0.145. The van der Waals surface area contributed by atoms with E-state index in [4.69, 9.17) is 9.47 Å². The monoisotopic (exact) mass is 359 g/mol. The van der Waals surface area contributed by atoms with Crippen LogP contribution in [0.1, 0.15) is 35.4 Å². The second-order valence-corrected chi connectivity index (χ2v) is 7.34. The summed E-state index contributed by atoms with van der Waals surface area (Å²) in [5.74, 6) is 0.0250. The minimum absolute atomic E-state index is 0.0250. The van der Waals surface area contributed by atoms with Crippen molar-refractivity contribution in [2.24, 2.45) is 0 Å².